The van der Waals surface area contributed by atoms with Crippen molar-refractivity contribution in [2.24, 2.45) is 21.7 Å². The second kappa shape index (κ2) is 4.74. The molecule has 0 saturated carbocycles. The van der Waals surface area contributed by atoms with Crippen molar-refractivity contribution >= 4 is 28.1 Å². The van der Waals surface area contributed by atoms with Crippen LogP contribution in [0.25, 0.3) is 0 Å². The van der Waals surface area contributed by atoms with Gasteiger partial charge in [0.05, 0.1) is 10.7 Å². The average molecular weight is 275 g/mol. The van der Waals surface area contributed by atoms with Gasteiger partial charge in [0.2, 0.25) is 5.96 Å². The Labute approximate surface area is 93.4 Å². The highest BCUT2D eigenvalue weighted by Crippen LogP contribution is 2.24. The maximum atomic E-state index is 13.0. The lowest BCUT2D eigenvalue weighted by atomic mass is 10.2. The van der Waals surface area contributed by atoms with Crippen molar-refractivity contribution in [2.45, 2.75) is 0 Å². The third-order valence-electron chi connectivity index (χ3n) is 1.44. The van der Waals surface area contributed by atoms with Gasteiger partial charge in [0.25, 0.3) is 0 Å². The largest absolute Gasteiger partial charge is 0.507 e. The molecule has 0 aliphatic carbocycles. The second-order valence-corrected chi connectivity index (χ2v) is 3.45. The molecule has 5 nitrogen and oxygen atoms in total. The first-order valence-corrected chi connectivity index (χ1v) is 4.60. The van der Waals surface area contributed by atoms with Crippen molar-refractivity contribution in [3.05, 3.63) is 28.0 Å². The number of aromatic hydroxyl groups is 1. The highest BCUT2D eigenvalue weighted by Gasteiger charge is 2.05. The molecule has 0 saturated heterocycles. The van der Waals surface area contributed by atoms with Gasteiger partial charge in [-0.3, -0.25) is 0 Å². The van der Waals surface area contributed by atoms with Crippen LogP contribution < -0.4 is 11.5 Å². The summed E-state index contributed by atoms with van der Waals surface area (Å²) in [6.45, 7) is 0. The Morgan fingerprint density at radius 2 is 2.13 bits per heavy atom. The molecule has 80 valence electrons. The Balaban J connectivity index is 3.01. The maximum absolute atomic E-state index is 13.0. The van der Waals surface area contributed by atoms with Gasteiger partial charge in [-0.1, -0.05) is 0 Å². The molecule has 0 aromatic heterocycles. The molecule has 0 amide bonds. The van der Waals surface area contributed by atoms with E-state index >= 15 is 0 Å². The van der Waals surface area contributed by atoms with Crippen LogP contribution >= 0.6 is 15.9 Å². The van der Waals surface area contributed by atoms with Gasteiger partial charge in [-0.2, -0.15) is 5.10 Å². The molecule has 0 radical (unpaired) electrons. The zero-order valence-corrected chi connectivity index (χ0v) is 9.07. The average Bonchev–Trinajstić information content (AvgIpc) is 2.13. The predicted octanol–water partition coefficient (Wildman–Crippen LogP) is 0.901. The normalized spacial score (nSPS) is 10.5. The van der Waals surface area contributed by atoms with Crippen molar-refractivity contribution in [1.82, 2.24) is 0 Å². The molecule has 7 heteroatoms. The summed E-state index contributed by atoms with van der Waals surface area (Å²) < 4.78 is 13.2. The molecular formula is C8H8BrFN4O. The maximum Gasteiger partial charge on any atom is 0.211 e. The van der Waals surface area contributed by atoms with Gasteiger partial charge < -0.3 is 16.6 Å². The van der Waals surface area contributed by atoms with Crippen LogP contribution in [0.4, 0.5) is 4.39 Å². The number of phenols is 1. The standard InChI is InChI=1S/C8H8BrFN4O/c9-5-2-7(15)4(1-6(5)10)3-13-14-8(11)12/h1-3,15H,(H4,11,12,14). The van der Waals surface area contributed by atoms with Crippen molar-refractivity contribution in [3.8, 4) is 5.75 Å². The van der Waals surface area contributed by atoms with Crippen molar-refractivity contribution in [1.29, 1.82) is 0 Å². The molecule has 0 unspecified atom stereocenters. The molecule has 0 atom stereocenters. The van der Waals surface area contributed by atoms with E-state index < -0.39 is 5.82 Å². The highest BCUT2D eigenvalue weighted by atomic mass is 79.9. The first kappa shape index (κ1) is 11.4. The van der Waals surface area contributed by atoms with E-state index in [1.54, 1.807) is 0 Å². The zero-order chi connectivity index (χ0) is 11.4. The SMILES string of the molecule is NC(N)=NN=Cc1cc(F)c(Br)cc1O. The van der Waals surface area contributed by atoms with Gasteiger partial charge in [-0.15, -0.1) is 5.10 Å². The van der Waals surface area contributed by atoms with Gasteiger partial charge in [-0.25, -0.2) is 4.39 Å². The number of rotatable bonds is 2. The number of halogens is 2. The quantitative estimate of drug-likeness (QED) is 0.425. The third kappa shape index (κ3) is 3.21. The molecule has 15 heavy (non-hydrogen) atoms. The second-order valence-electron chi connectivity index (χ2n) is 2.59. The lowest BCUT2D eigenvalue weighted by Crippen LogP contribution is -2.21. The lowest BCUT2D eigenvalue weighted by molar-refractivity contribution is 0.471. The Kier molecular flexibility index (Phi) is 3.62. The fraction of sp³-hybridized carbons (Fsp3) is 0. The summed E-state index contributed by atoms with van der Waals surface area (Å²) in [6.07, 6.45) is 1.14. The van der Waals surface area contributed by atoms with Crippen LogP contribution in [-0.2, 0) is 0 Å². The molecule has 0 bridgehead atoms. The van der Waals surface area contributed by atoms with E-state index in [1.165, 1.54) is 6.07 Å². The van der Waals surface area contributed by atoms with E-state index in [9.17, 15) is 9.50 Å². The minimum atomic E-state index is -0.515. The van der Waals surface area contributed by atoms with Gasteiger partial charge in [0.15, 0.2) is 0 Å². The Morgan fingerprint density at radius 1 is 1.47 bits per heavy atom. The summed E-state index contributed by atoms with van der Waals surface area (Å²) in [5, 5.41) is 16.1. The number of nitrogens with zero attached hydrogens (tertiary/aromatic N) is 2. The molecule has 0 spiro atoms. The smallest absolute Gasteiger partial charge is 0.211 e. The fourth-order valence-corrected chi connectivity index (χ4v) is 1.14. The third-order valence-corrected chi connectivity index (χ3v) is 2.05. The number of guanidine groups is 1. The summed E-state index contributed by atoms with van der Waals surface area (Å²) >= 11 is 2.92. The van der Waals surface area contributed by atoms with Crippen molar-refractivity contribution in [3.63, 3.8) is 0 Å². The summed E-state index contributed by atoms with van der Waals surface area (Å²) in [5.74, 6) is -0.861. The Hall–Kier alpha value is -1.63. The van der Waals surface area contributed by atoms with Crippen LogP contribution in [0.5, 0.6) is 5.75 Å². The zero-order valence-electron chi connectivity index (χ0n) is 7.48. The van der Waals surface area contributed by atoms with Gasteiger partial charge >= 0.3 is 0 Å². The molecule has 0 aliphatic heterocycles. The summed E-state index contributed by atoms with van der Waals surface area (Å²) in [6, 6.07) is 2.32. The van der Waals surface area contributed by atoms with Crippen LogP contribution in [0, 0.1) is 5.82 Å². The van der Waals surface area contributed by atoms with E-state index in [0.717, 1.165) is 12.3 Å². The molecule has 0 heterocycles. The number of benzene rings is 1. The highest BCUT2D eigenvalue weighted by molar-refractivity contribution is 9.10. The topological polar surface area (TPSA) is 97.0 Å². The predicted molar refractivity (Wildman–Crippen MR) is 59.2 cm³/mol. The van der Waals surface area contributed by atoms with Crippen LogP contribution in [0.1, 0.15) is 5.56 Å². The fourth-order valence-electron chi connectivity index (χ4n) is 0.813. The monoisotopic (exact) mass is 274 g/mol. The molecule has 5 N–H and O–H groups in total. The molecule has 1 aromatic rings. The van der Waals surface area contributed by atoms with E-state index in [2.05, 4.69) is 26.1 Å². The minimum Gasteiger partial charge on any atom is -0.507 e. The number of nitrogens with two attached hydrogens (primary N) is 2. The Morgan fingerprint density at radius 3 is 2.73 bits per heavy atom. The molecule has 0 aliphatic rings. The van der Waals surface area contributed by atoms with Crippen LogP contribution in [0.2, 0.25) is 0 Å². The minimum absolute atomic E-state index is 0.127. The molecule has 1 aromatic carbocycles. The summed E-state index contributed by atoms with van der Waals surface area (Å²) in [4.78, 5) is 0. The van der Waals surface area contributed by atoms with Crippen molar-refractivity contribution < 1.29 is 9.50 Å². The van der Waals surface area contributed by atoms with Crippen LogP contribution in [0.3, 0.4) is 0 Å². The summed E-state index contributed by atoms with van der Waals surface area (Å²) in [5.41, 5.74) is 10.2. The van der Waals surface area contributed by atoms with Gasteiger partial charge in [-0.05, 0) is 28.1 Å². The lowest BCUT2D eigenvalue weighted by Gasteiger charge is -1.99. The van der Waals surface area contributed by atoms with E-state index in [0.29, 0.717) is 0 Å². The number of phenolic OH excluding ortho intramolecular Hbond substituents is 1. The van der Waals surface area contributed by atoms with Gasteiger partial charge in [0, 0.05) is 5.56 Å². The van der Waals surface area contributed by atoms with E-state index in [4.69, 9.17) is 11.5 Å². The molecule has 1 rings (SSSR count). The molecule has 0 fully saturated rings. The van der Waals surface area contributed by atoms with Crippen LogP contribution in [-0.4, -0.2) is 17.3 Å². The van der Waals surface area contributed by atoms with Gasteiger partial charge in [0.1, 0.15) is 11.6 Å². The van der Waals surface area contributed by atoms with Crippen molar-refractivity contribution in [2.75, 3.05) is 0 Å². The van der Waals surface area contributed by atoms with E-state index in [1.807, 2.05) is 0 Å². The summed E-state index contributed by atoms with van der Waals surface area (Å²) in [7, 11) is 0. The first-order valence-electron chi connectivity index (χ1n) is 3.80. The van der Waals surface area contributed by atoms with E-state index in [-0.39, 0.29) is 21.7 Å². The number of hydrogen-bond donors (Lipinski definition) is 3. The number of hydrogen-bond acceptors (Lipinski definition) is 3. The van der Waals surface area contributed by atoms with Crippen LogP contribution in [0.15, 0.2) is 26.8 Å². The Bertz CT molecular complexity index is 429. The molecular weight excluding hydrogens is 267 g/mol. The first-order chi connectivity index (χ1) is 7.00.